The Bertz CT molecular complexity index is 475. The van der Waals surface area contributed by atoms with Crippen LogP contribution in [-0.2, 0) is 0 Å². The number of hydrogen-bond donors (Lipinski definition) is 2. The van der Waals surface area contributed by atoms with Gasteiger partial charge in [-0.1, -0.05) is 6.92 Å². The number of likely N-dealkylation sites (tertiary alicyclic amines) is 2. The van der Waals surface area contributed by atoms with Crippen molar-refractivity contribution in [2.75, 3.05) is 39.3 Å². The van der Waals surface area contributed by atoms with Crippen LogP contribution in [-0.4, -0.2) is 75.5 Å². The lowest BCUT2D eigenvalue weighted by Gasteiger charge is -2.35. The molecule has 2 N–H and O–H groups in total. The van der Waals surface area contributed by atoms with Gasteiger partial charge in [-0.15, -0.1) is 0 Å². The molecule has 23 heavy (non-hydrogen) atoms. The lowest BCUT2D eigenvalue weighted by atomic mass is 9.96. The fraction of sp³-hybridized carbons (Fsp3) is 0.882. The number of aromatic amines is 1. The molecule has 1 aromatic rings. The highest BCUT2D eigenvalue weighted by molar-refractivity contribution is 4.99. The molecule has 0 radical (unpaired) electrons. The molecule has 3 heterocycles. The Labute approximate surface area is 139 Å². The predicted octanol–water partition coefficient (Wildman–Crippen LogP) is 1.39. The van der Waals surface area contributed by atoms with E-state index in [0.29, 0.717) is 5.92 Å². The van der Waals surface area contributed by atoms with Crippen LogP contribution in [0.4, 0.5) is 0 Å². The highest BCUT2D eigenvalue weighted by Gasteiger charge is 2.25. The maximum absolute atomic E-state index is 10.4. The zero-order valence-electron chi connectivity index (χ0n) is 14.5. The summed E-state index contributed by atoms with van der Waals surface area (Å²) in [5, 5.41) is 17.6. The molecule has 0 saturated carbocycles. The third-order valence-corrected chi connectivity index (χ3v) is 5.38. The smallest absolute Gasteiger partial charge is 0.153 e. The van der Waals surface area contributed by atoms with E-state index >= 15 is 0 Å². The minimum atomic E-state index is -0.231. The first-order valence-corrected chi connectivity index (χ1v) is 9.12. The van der Waals surface area contributed by atoms with Crippen molar-refractivity contribution in [1.82, 2.24) is 25.0 Å². The van der Waals surface area contributed by atoms with Gasteiger partial charge in [0.25, 0.3) is 0 Å². The van der Waals surface area contributed by atoms with Gasteiger partial charge in [0.1, 0.15) is 5.82 Å². The molecule has 1 unspecified atom stereocenters. The predicted molar refractivity (Wildman–Crippen MR) is 90.4 cm³/mol. The van der Waals surface area contributed by atoms with E-state index in [4.69, 9.17) is 0 Å². The number of aromatic nitrogens is 3. The summed E-state index contributed by atoms with van der Waals surface area (Å²) in [6.07, 6.45) is 4.49. The van der Waals surface area contributed by atoms with E-state index < -0.39 is 0 Å². The van der Waals surface area contributed by atoms with Crippen LogP contribution in [0.15, 0.2) is 0 Å². The van der Waals surface area contributed by atoms with Crippen LogP contribution in [0.3, 0.4) is 0 Å². The number of aliphatic hydroxyl groups is 1. The zero-order valence-corrected chi connectivity index (χ0v) is 14.5. The van der Waals surface area contributed by atoms with Crippen LogP contribution in [0.2, 0.25) is 0 Å². The van der Waals surface area contributed by atoms with Crippen molar-refractivity contribution < 1.29 is 5.11 Å². The summed E-state index contributed by atoms with van der Waals surface area (Å²) in [5.41, 5.74) is 0. The second-order valence-electron chi connectivity index (χ2n) is 7.49. The first kappa shape index (κ1) is 16.9. The van der Waals surface area contributed by atoms with Gasteiger partial charge in [-0.2, -0.15) is 5.10 Å². The molecule has 2 fully saturated rings. The van der Waals surface area contributed by atoms with Crippen molar-refractivity contribution in [2.45, 2.75) is 51.6 Å². The van der Waals surface area contributed by atoms with Crippen molar-refractivity contribution in [3.63, 3.8) is 0 Å². The van der Waals surface area contributed by atoms with Gasteiger partial charge in [0.05, 0.1) is 6.10 Å². The summed E-state index contributed by atoms with van der Waals surface area (Å²) in [5.74, 6) is 3.18. The molecule has 1 atom stereocenters. The Morgan fingerprint density at radius 3 is 2.17 bits per heavy atom. The molecule has 0 aliphatic carbocycles. The van der Waals surface area contributed by atoms with E-state index in [0.717, 1.165) is 69.7 Å². The third-order valence-electron chi connectivity index (χ3n) is 5.38. The topological polar surface area (TPSA) is 68.3 Å². The van der Waals surface area contributed by atoms with E-state index in [1.54, 1.807) is 0 Å². The van der Waals surface area contributed by atoms with Crippen molar-refractivity contribution in [1.29, 1.82) is 0 Å². The molecule has 2 aliphatic rings. The molecule has 0 spiro atoms. The summed E-state index contributed by atoms with van der Waals surface area (Å²) in [6, 6.07) is 0. The van der Waals surface area contributed by atoms with E-state index in [9.17, 15) is 5.11 Å². The molecule has 1 aromatic heterocycles. The first-order valence-electron chi connectivity index (χ1n) is 9.12. The summed E-state index contributed by atoms with van der Waals surface area (Å²) in [6.45, 7) is 10.3. The second kappa shape index (κ2) is 7.73. The lowest BCUT2D eigenvalue weighted by Crippen LogP contribution is -2.44. The van der Waals surface area contributed by atoms with Crippen LogP contribution < -0.4 is 0 Å². The summed E-state index contributed by atoms with van der Waals surface area (Å²) >= 11 is 0. The molecule has 3 rings (SSSR count). The van der Waals surface area contributed by atoms with Crippen molar-refractivity contribution >= 4 is 0 Å². The van der Waals surface area contributed by atoms with Crippen LogP contribution >= 0.6 is 0 Å². The number of nitrogens with one attached hydrogen (secondary N) is 1. The number of β-amino-alcohol motifs (C(OH)–C–C–N with tert-alkyl or cyclic N) is 1. The monoisotopic (exact) mass is 321 g/mol. The summed E-state index contributed by atoms with van der Waals surface area (Å²) in [7, 11) is 0. The average Bonchev–Trinajstić information content (AvgIpc) is 2.97. The van der Waals surface area contributed by atoms with Gasteiger partial charge < -0.3 is 14.9 Å². The maximum atomic E-state index is 10.4. The Hall–Kier alpha value is -0.980. The minimum absolute atomic E-state index is 0.231. The summed E-state index contributed by atoms with van der Waals surface area (Å²) < 4.78 is 0. The van der Waals surface area contributed by atoms with Gasteiger partial charge in [0, 0.05) is 19.0 Å². The normalized spacial score (nSPS) is 24.1. The number of aliphatic hydroxyl groups excluding tert-OH is 1. The van der Waals surface area contributed by atoms with Crippen LogP contribution in [0.5, 0.6) is 0 Å². The fourth-order valence-electron chi connectivity index (χ4n) is 3.81. The highest BCUT2D eigenvalue weighted by Crippen LogP contribution is 2.25. The third kappa shape index (κ3) is 4.75. The quantitative estimate of drug-likeness (QED) is 0.858. The first-order chi connectivity index (χ1) is 11.1. The van der Waals surface area contributed by atoms with Gasteiger partial charge in [-0.05, 0) is 64.7 Å². The highest BCUT2D eigenvalue weighted by atomic mass is 16.3. The molecule has 130 valence electrons. The molecule has 6 nitrogen and oxygen atoms in total. The van der Waals surface area contributed by atoms with Crippen molar-refractivity contribution in [3.8, 4) is 0 Å². The number of aryl methyl sites for hydroxylation is 1. The Morgan fingerprint density at radius 2 is 1.65 bits per heavy atom. The van der Waals surface area contributed by atoms with E-state index in [1.165, 1.54) is 12.8 Å². The molecule has 0 amide bonds. The standard InChI is InChI=1S/C17H31N5O/c1-13-3-7-21(8-4-13)11-16(23)12-22-9-5-15(6-10-22)17-18-14(2)19-20-17/h13,15-16,23H,3-12H2,1-2H3,(H,18,19,20). The molecule has 0 bridgehead atoms. The second-order valence-corrected chi connectivity index (χ2v) is 7.49. The van der Waals surface area contributed by atoms with Crippen LogP contribution in [0, 0.1) is 12.8 Å². The number of nitrogens with zero attached hydrogens (tertiary/aromatic N) is 4. The average molecular weight is 321 g/mol. The van der Waals surface area contributed by atoms with E-state index in [2.05, 4.69) is 31.9 Å². The SMILES string of the molecule is Cc1nc(C2CCN(CC(O)CN3CCC(C)CC3)CC2)n[nH]1. The van der Waals surface area contributed by atoms with Crippen LogP contribution in [0.1, 0.15) is 50.2 Å². The lowest BCUT2D eigenvalue weighted by molar-refractivity contribution is 0.0538. The molecule has 2 aliphatic heterocycles. The molecule has 6 heteroatoms. The van der Waals surface area contributed by atoms with Gasteiger partial charge >= 0.3 is 0 Å². The number of rotatable bonds is 5. The van der Waals surface area contributed by atoms with Crippen molar-refractivity contribution in [2.24, 2.45) is 5.92 Å². The molecular weight excluding hydrogens is 290 g/mol. The molecule has 0 aromatic carbocycles. The largest absolute Gasteiger partial charge is 0.390 e. The van der Waals surface area contributed by atoms with Crippen molar-refractivity contribution in [3.05, 3.63) is 11.6 Å². The van der Waals surface area contributed by atoms with Gasteiger partial charge in [0.2, 0.25) is 0 Å². The maximum Gasteiger partial charge on any atom is 0.153 e. The minimum Gasteiger partial charge on any atom is -0.390 e. The molecule has 2 saturated heterocycles. The Balaban J connectivity index is 1.38. The van der Waals surface area contributed by atoms with E-state index in [1.807, 2.05) is 6.92 Å². The number of H-pyrrole nitrogens is 1. The van der Waals surface area contributed by atoms with Gasteiger partial charge in [0.15, 0.2) is 5.82 Å². The number of hydrogen-bond acceptors (Lipinski definition) is 5. The Kier molecular flexibility index (Phi) is 5.67. The van der Waals surface area contributed by atoms with Gasteiger partial charge in [-0.25, -0.2) is 4.98 Å². The molecular formula is C17H31N5O. The van der Waals surface area contributed by atoms with Crippen LogP contribution in [0.25, 0.3) is 0 Å². The van der Waals surface area contributed by atoms with E-state index in [-0.39, 0.29) is 6.10 Å². The zero-order chi connectivity index (χ0) is 16.2. The fourth-order valence-corrected chi connectivity index (χ4v) is 3.81. The Morgan fingerprint density at radius 1 is 1.09 bits per heavy atom. The summed E-state index contributed by atoms with van der Waals surface area (Å²) in [4.78, 5) is 9.28. The number of piperidine rings is 2. The van der Waals surface area contributed by atoms with Gasteiger partial charge in [-0.3, -0.25) is 5.10 Å².